The van der Waals surface area contributed by atoms with E-state index in [-0.39, 0.29) is 22.3 Å². The summed E-state index contributed by atoms with van der Waals surface area (Å²) in [6.07, 6.45) is 1.02. The summed E-state index contributed by atoms with van der Waals surface area (Å²) in [5.41, 5.74) is 4.60. The van der Waals surface area contributed by atoms with Crippen molar-refractivity contribution in [3.05, 3.63) is 88.7 Å². The number of rotatable bonds is 9. The standard InChI is InChI=1S/C29H32N2O5S/c1-17-7-11-22(12-8-17)25(23-13-9-18(2)10-14-23)20(4)35-29(33)19(3)31-28(37)26-27(36-21(5)32)24(34-6)15-16-30-26/h7-16,19-20,25H,1-6H3,(H,31,37)/t19-,20-/m0/s1. The first kappa shape index (κ1) is 27.8. The van der Waals surface area contributed by atoms with E-state index < -0.39 is 24.1 Å². The van der Waals surface area contributed by atoms with E-state index in [0.29, 0.717) is 5.75 Å². The Bertz CT molecular complexity index is 1210. The molecule has 37 heavy (non-hydrogen) atoms. The molecule has 7 nitrogen and oxygen atoms in total. The first-order valence-electron chi connectivity index (χ1n) is 12.0. The molecule has 0 aliphatic rings. The van der Waals surface area contributed by atoms with Gasteiger partial charge in [-0.25, -0.2) is 9.78 Å². The van der Waals surface area contributed by atoms with Gasteiger partial charge in [0.2, 0.25) is 5.75 Å². The van der Waals surface area contributed by atoms with Gasteiger partial charge < -0.3 is 19.5 Å². The Kier molecular flexibility index (Phi) is 9.36. The maximum Gasteiger partial charge on any atom is 0.328 e. The Morgan fingerprint density at radius 1 is 0.919 bits per heavy atom. The fourth-order valence-corrected chi connectivity index (χ4v) is 4.28. The zero-order valence-corrected chi connectivity index (χ0v) is 22.7. The van der Waals surface area contributed by atoms with Gasteiger partial charge in [0.25, 0.3) is 0 Å². The predicted octanol–water partition coefficient (Wildman–Crippen LogP) is 5.05. The molecule has 0 saturated heterocycles. The van der Waals surface area contributed by atoms with Crippen LogP contribution in [0.25, 0.3) is 0 Å². The second-order valence-electron chi connectivity index (χ2n) is 8.92. The molecule has 2 aromatic carbocycles. The van der Waals surface area contributed by atoms with Crippen molar-refractivity contribution in [2.45, 2.75) is 52.7 Å². The number of hydrogen-bond acceptors (Lipinski definition) is 7. The smallest absolute Gasteiger partial charge is 0.328 e. The van der Waals surface area contributed by atoms with E-state index in [1.54, 1.807) is 13.0 Å². The lowest BCUT2D eigenvalue weighted by molar-refractivity contribution is -0.150. The third kappa shape index (κ3) is 7.13. The molecular weight excluding hydrogens is 488 g/mol. The average Bonchev–Trinajstić information content (AvgIpc) is 2.86. The summed E-state index contributed by atoms with van der Waals surface area (Å²) in [7, 11) is 1.45. The van der Waals surface area contributed by atoms with Crippen LogP contribution < -0.4 is 14.8 Å². The minimum absolute atomic E-state index is 0.0859. The molecule has 2 atom stereocenters. The average molecular weight is 521 g/mol. The summed E-state index contributed by atoms with van der Waals surface area (Å²) in [6.45, 7) is 8.88. The molecule has 194 valence electrons. The van der Waals surface area contributed by atoms with Crippen LogP contribution in [0.2, 0.25) is 0 Å². The molecule has 0 bridgehead atoms. The van der Waals surface area contributed by atoms with E-state index in [0.717, 1.165) is 22.3 Å². The van der Waals surface area contributed by atoms with E-state index in [1.165, 1.54) is 20.2 Å². The normalized spacial score (nSPS) is 12.4. The summed E-state index contributed by atoms with van der Waals surface area (Å²) in [4.78, 5) is 29.1. The number of nitrogens with zero attached hydrogens (tertiary/aromatic N) is 1. The van der Waals surface area contributed by atoms with Crippen LogP contribution in [-0.2, 0) is 14.3 Å². The first-order valence-corrected chi connectivity index (χ1v) is 12.4. The number of aryl methyl sites for hydroxylation is 2. The highest BCUT2D eigenvalue weighted by Gasteiger charge is 2.28. The number of benzene rings is 2. The van der Waals surface area contributed by atoms with Crippen molar-refractivity contribution in [1.29, 1.82) is 0 Å². The highest BCUT2D eigenvalue weighted by molar-refractivity contribution is 7.80. The maximum absolute atomic E-state index is 13.1. The van der Waals surface area contributed by atoms with Crippen molar-refractivity contribution in [2.24, 2.45) is 0 Å². The fraction of sp³-hybridized carbons (Fsp3) is 0.310. The highest BCUT2D eigenvalue weighted by Crippen LogP contribution is 2.32. The fourth-order valence-electron chi connectivity index (χ4n) is 3.95. The zero-order chi connectivity index (χ0) is 27.1. The molecule has 8 heteroatoms. The minimum atomic E-state index is -0.787. The van der Waals surface area contributed by atoms with Crippen LogP contribution in [0, 0.1) is 13.8 Å². The van der Waals surface area contributed by atoms with Gasteiger partial charge in [-0.15, -0.1) is 0 Å². The van der Waals surface area contributed by atoms with Crippen molar-refractivity contribution >= 4 is 29.1 Å². The molecule has 0 fully saturated rings. The molecule has 0 saturated carbocycles. The summed E-state index contributed by atoms with van der Waals surface area (Å²) in [6, 6.07) is 17.2. The topological polar surface area (TPSA) is 86.8 Å². The number of ether oxygens (including phenoxy) is 3. The molecule has 1 heterocycles. The monoisotopic (exact) mass is 520 g/mol. The van der Waals surface area contributed by atoms with Gasteiger partial charge >= 0.3 is 11.9 Å². The highest BCUT2D eigenvalue weighted by atomic mass is 32.1. The van der Waals surface area contributed by atoms with Gasteiger partial charge in [-0.1, -0.05) is 71.9 Å². The molecule has 0 aliphatic heterocycles. The van der Waals surface area contributed by atoms with Gasteiger partial charge in [0, 0.05) is 25.1 Å². The number of esters is 2. The molecule has 0 unspecified atom stereocenters. The minimum Gasteiger partial charge on any atom is -0.493 e. The molecule has 0 aliphatic carbocycles. The second-order valence-corrected chi connectivity index (χ2v) is 9.33. The molecule has 3 aromatic rings. The Morgan fingerprint density at radius 2 is 1.46 bits per heavy atom. The van der Waals surface area contributed by atoms with Crippen LogP contribution in [-0.4, -0.2) is 41.2 Å². The van der Waals surface area contributed by atoms with E-state index in [2.05, 4.69) is 58.8 Å². The lowest BCUT2D eigenvalue weighted by atomic mass is 9.86. The lowest BCUT2D eigenvalue weighted by Gasteiger charge is -2.27. The van der Waals surface area contributed by atoms with E-state index in [9.17, 15) is 9.59 Å². The molecule has 1 aromatic heterocycles. The van der Waals surface area contributed by atoms with Crippen molar-refractivity contribution in [2.75, 3.05) is 7.11 Å². The first-order chi connectivity index (χ1) is 17.6. The van der Waals surface area contributed by atoms with Gasteiger partial charge in [-0.05, 0) is 38.8 Å². The largest absolute Gasteiger partial charge is 0.493 e. The Balaban J connectivity index is 1.78. The maximum atomic E-state index is 13.1. The van der Waals surface area contributed by atoms with Gasteiger partial charge in [-0.3, -0.25) is 4.79 Å². The van der Waals surface area contributed by atoms with Crippen molar-refractivity contribution in [3.8, 4) is 11.5 Å². The van der Waals surface area contributed by atoms with Crippen LogP contribution in [0.3, 0.4) is 0 Å². The predicted molar refractivity (Wildman–Crippen MR) is 146 cm³/mol. The van der Waals surface area contributed by atoms with E-state index in [4.69, 9.17) is 26.4 Å². The van der Waals surface area contributed by atoms with Crippen molar-refractivity contribution in [1.82, 2.24) is 10.3 Å². The SMILES string of the molecule is COc1ccnc(C(=S)N[C@@H](C)C(=O)O[C@@H](C)C(c2ccc(C)cc2)c2ccc(C)cc2)c1OC(C)=O. The molecule has 0 spiro atoms. The number of carbonyl (C=O) groups excluding carboxylic acids is 2. The van der Waals surface area contributed by atoms with Crippen LogP contribution in [0.1, 0.15) is 54.6 Å². The third-order valence-corrected chi connectivity index (χ3v) is 6.21. The Labute approximate surface area is 223 Å². The Morgan fingerprint density at radius 3 is 1.95 bits per heavy atom. The van der Waals surface area contributed by atoms with Crippen molar-refractivity contribution in [3.63, 3.8) is 0 Å². The van der Waals surface area contributed by atoms with Crippen LogP contribution in [0.15, 0.2) is 60.8 Å². The van der Waals surface area contributed by atoms with Crippen molar-refractivity contribution < 1.29 is 23.8 Å². The number of aromatic nitrogens is 1. The van der Waals surface area contributed by atoms with E-state index in [1.807, 2.05) is 20.8 Å². The second kappa shape index (κ2) is 12.5. The molecule has 3 rings (SSSR count). The summed E-state index contributed by atoms with van der Waals surface area (Å²) in [5.74, 6) is -0.791. The number of hydrogen-bond donors (Lipinski definition) is 1. The van der Waals surface area contributed by atoms with Gasteiger partial charge in [0.1, 0.15) is 22.8 Å². The van der Waals surface area contributed by atoms with Gasteiger partial charge in [-0.2, -0.15) is 0 Å². The number of thiocarbonyl (C=S) groups is 1. The molecule has 1 N–H and O–H groups in total. The number of methoxy groups -OCH3 is 1. The van der Waals surface area contributed by atoms with Crippen LogP contribution >= 0.6 is 12.2 Å². The van der Waals surface area contributed by atoms with Crippen LogP contribution in [0.5, 0.6) is 11.5 Å². The number of carbonyl (C=O) groups is 2. The summed E-state index contributed by atoms with van der Waals surface area (Å²) in [5, 5.41) is 2.95. The van der Waals surface area contributed by atoms with Crippen LogP contribution in [0.4, 0.5) is 0 Å². The van der Waals surface area contributed by atoms with E-state index >= 15 is 0 Å². The summed E-state index contributed by atoms with van der Waals surface area (Å²) >= 11 is 5.48. The number of pyridine rings is 1. The zero-order valence-electron chi connectivity index (χ0n) is 21.9. The number of nitrogens with one attached hydrogen (secondary N) is 1. The van der Waals surface area contributed by atoms with Gasteiger partial charge in [0.05, 0.1) is 7.11 Å². The molecular formula is C29H32N2O5S. The summed E-state index contributed by atoms with van der Waals surface area (Å²) < 4.78 is 16.5. The molecule has 0 radical (unpaired) electrons. The quantitative estimate of drug-likeness (QED) is 0.310. The third-order valence-electron chi connectivity index (χ3n) is 5.89. The lowest BCUT2D eigenvalue weighted by Crippen LogP contribution is -2.41. The molecule has 0 amide bonds. The van der Waals surface area contributed by atoms with Gasteiger partial charge in [0.15, 0.2) is 5.75 Å². The Hall–Kier alpha value is -3.78.